The molecule has 6 heteroatoms. The number of hydrogen-bond acceptors (Lipinski definition) is 3. The first-order valence-electron chi connectivity index (χ1n) is 9.51. The maximum absolute atomic E-state index is 6.62. The van der Waals surface area contributed by atoms with Crippen molar-refractivity contribution in [3.05, 3.63) is 52.6 Å². The largest absolute Gasteiger partial charge is 0.497 e. The highest BCUT2D eigenvalue weighted by Gasteiger charge is 2.29. The van der Waals surface area contributed by atoms with Gasteiger partial charge in [0.1, 0.15) is 5.75 Å². The van der Waals surface area contributed by atoms with E-state index >= 15 is 0 Å². The SMILES string of the molecule is CC[Si](CC)(CC)OCc1c2cc(OC)ccc2nn1-c1ccc(Br)cc1. The van der Waals surface area contributed by atoms with Crippen molar-refractivity contribution in [2.75, 3.05) is 7.11 Å². The highest BCUT2D eigenvalue weighted by Crippen LogP contribution is 2.30. The standard InChI is InChI=1S/C21H27BrN2O2Si/c1-5-27(6-2,7-3)26-15-21-19-14-18(25-4)12-13-20(19)23-24(21)17-10-8-16(22)9-11-17/h8-14H,5-7,15H2,1-4H3. The van der Waals surface area contributed by atoms with E-state index in [4.69, 9.17) is 14.3 Å². The molecule has 4 nitrogen and oxygen atoms in total. The van der Waals surface area contributed by atoms with Crippen molar-refractivity contribution in [1.82, 2.24) is 9.78 Å². The first-order chi connectivity index (χ1) is 13.1. The lowest BCUT2D eigenvalue weighted by Gasteiger charge is -2.28. The van der Waals surface area contributed by atoms with Gasteiger partial charge in [-0.05, 0) is 60.6 Å². The van der Waals surface area contributed by atoms with Crippen LogP contribution in [0.2, 0.25) is 18.1 Å². The number of rotatable bonds is 8. The van der Waals surface area contributed by atoms with Crippen molar-refractivity contribution < 1.29 is 9.16 Å². The van der Waals surface area contributed by atoms with E-state index in [9.17, 15) is 0 Å². The number of ether oxygens (including phenoxy) is 1. The summed E-state index contributed by atoms with van der Waals surface area (Å²) >= 11 is 3.51. The first-order valence-corrected chi connectivity index (χ1v) is 12.8. The Kier molecular flexibility index (Phi) is 6.39. The molecule has 1 heterocycles. The predicted molar refractivity (Wildman–Crippen MR) is 117 cm³/mol. The van der Waals surface area contributed by atoms with Crippen LogP contribution in [0.3, 0.4) is 0 Å². The van der Waals surface area contributed by atoms with Crippen LogP contribution in [0.25, 0.3) is 16.6 Å². The van der Waals surface area contributed by atoms with Crippen LogP contribution in [0.15, 0.2) is 46.9 Å². The van der Waals surface area contributed by atoms with E-state index in [2.05, 4.69) is 54.9 Å². The van der Waals surface area contributed by atoms with Gasteiger partial charge in [-0.2, -0.15) is 5.10 Å². The Morgan fingerprint density at radius 3 is 2.26 bits per heavy atom. The summed E-state index contributed by atoms with van der Waals surface area (Å²) in [6.45, 7) is 7.34. The molecule has 27 heavy (non-hydrogen) atoms. The van der Waals surface area contributed by atoms with Crippen LogP contribution in [0.4, 0.5) is 0 Å². The zero-order valence-electron chi connectivity index (χ0n) is 16.5. The molecule has 0 aliphatic heterocycles. The second-order valence-corrected chi connectivity index (χ2v) is 12.4. The van der Waals surface area contributed by atoms with Crippen LogP contribution in [-0.2, 0) is 11.0 Å². The summed E-state index contributed by atoms with van der Waals surface area (Å²) in [5.41, 5.74) is 3.07. The summed E-state index contributed by atoms with van der Waals surface area (Å²) in [6.07, 6.45) is 0. The van der Waals surface area contributed by atoms with Gasteiger partial charge in [0.05, 0.1) is 30.6 Å². The lowest BCUT2D eigenvalue weighted by Crippen LogP contribution is -2.35. The number of benzene rings is 2. The minimum Gasteiger partial charge on any atom is -0.497 e. The molecular weight excluding hydrogens is 420 g/mol. The molecule has 0 N–H and O–H groups in total. The summed E-state index contributed by atoms with van der Waals surface area (Å²) in [4.78, 5) is 0. The summed E-state index contributed by atoms with van der Waals surface area (Å²) in [5.74, 6) is 0.837. The molecule has 0 saturated heterocycles. The molecule has 0 bridgehead atoms. The Morgan fingerprint density at radius 2 is 1.67 bits per heavy atom. The van der Waals surface area contributed by atoms with Crippen LogP contribution < -0.4 is 4.74 Å². The normalized spacial score (nSPS) is 11.9. The second kappa shape index (κ2) is 8.58. The molecule has 3 rings (SSSR count). The fourth-order valence-electron chi connectivity index (χ4n) is 3.46. The van der Waals surface area contributed by atoms with Crippen LogP contribution in [0, 0.1) is 0 Å². The maximum Gasteiger partial charge on any atom is 0.192 e. The highest BCUT2D eigenvalue weighted by molar-refractivity contribution is 9.10. The summed E-state index contributed by atoms with van der Waals surface area (Å²) in [6, 6.07) is 17.6. The Morgan fingerprint density at radius 1 is 1.00 bits per heavy atom. The summed E-state index contributed by atoms with van der Waals surface area (Å²) < 4.78 is 15.1. The lowest BCUT2D eigenvalue weighted by atomic mass is 10.2. The van der Waals surface area contributed by atoms with Gasteiger partial charge in [0.2, 0.25) is 0 Å². The number of halogens is 1. The van der Waals surface area contributed by atoms with E-state index in [1.807, 2.05) is 28.9 Å². The fraction of sp³-hybridized carbons (Fsp3) is 0.381. The minimum absolute atomic E-state index is 0.571. The number of hydrogen-bond donors (Lipinski definition) is 0. The second-order valence-electron chi connectivity index (χ2n) is 6.75. The van der Waals surface area contributed by atoms with Crippen LogP contribution >= 0.6 is 15.9 Å². The molecule has 2 aromatic carbocycles. The Labute approximate surface area is 170 Å². The minimum atomic E-state index is -1.70. The van der Waals surface area contributed by atoms with Crippen molar-refractivity contribution in [3.8, 4) is 11.4 Å². The molecule has 0 amide bonds. The molecular formula is C21H27BrN2O2Si. The Hall–Kier alpha value is -1.63. The van der Waals surface area contributed by atoms with Gasteiger partial charge in [-0.25, -0.2) is 4.68 Å². The number of fused-ring (bicyclic) bond motifs is 1. The van der Waals surface area contributed by atoms with Gasteiger partial charge in [0.25, 0.3) is 0 Å². The van der Waals surface area contributed by atoms with Gasteiger partial charge in [-0.15, -0.1) is 0 Å². The molecule has 0 aliphatic carbocycles. The topological polar surface area (TPSA) is 36.3 Å². The monoisotopic (exact) mass is 446 g/mol. The quantitative estimate of drug-likeness (QED) is 0.379. The van der Waals surface area contributed by atoms with E-state index in [0.717, 1.165) is 50.6 Å². The molecule has 0 fully saturated rings. The average Bonchev–Trinajstić information content (AvgIpc) is 3.07. The van der Waals surface area contributed by atoms with E-state index in [1.54, 1.807) is 7.11 Å². The van der Waals surface area contributed by atoms with Gasteiger partial charge in [-0.1, -0.05) is 36.7 Å². The van der Waals surface area contributed by atoms with Crippen molar-refractivity contribution in [3.63, 3.8) is 0 Å². The molecule has 144 valence electrons. The number of nitrogens with zero attached hydrogens (tertiary/aromatic N) is 2. The van der Waals surface area contributed by atoms with Crippen LogP contribution in [0.1, 0.15) is 26.5 Å². The summed E-state index contributed by atoms with van der Waals surface area (Å²) in [5, 5.41) is 5.93. The lowest BCUT2D eigenvalue weighted by molar-refractivity contribution is 0.280. The molecule has 0 atom stereocenters. The van der Waals surface area contributed by atoms with Crippen molar-refractivity contribution in [1.29, 1.82) is 0 Å². The van der Waals surface area contributed by atoms with Crippen molar-refractivity contribution in [2.24, 2.45) is 0 Å². The molecule has 0 aliphatic rings. The Bertz CT molecular complexity index is 896. The highest BCUT2D eigenvalue weighted by atomic mass is 79.9. The van der Waals surface area contributed by atoms with E-state index < -0.39 is 8.32 Å². The molecule has 0 saturated carbocycles. The van der Waals surface area contributed by atoms with Crippen molar-refractivity contribution in [2.45, 2.75) is 45.5 Å². The van der Waals surface area contributed by atoms with Gasteiger partial charge < -0.3 is 9.16 Å². The summed E-state index contributed by atoms with van der Waals surface area (Å²) in [7, 11) is -0.00136. The third kappa shape index (κ3) is 4.12. The maximum atomic E-state index is 6.62. The zero-order valence-corrected chi connectivity index (χ0v) is 19.0. The molecule has 0 radical (unpaired) electrons. The van der Waals surface area contributed by atoms with Gasteiger partial charge in [-0.3, -0.25) is 0 Å². The molecule has 3 aromatic rings. The number of aromatic nitrogens is 2. The van der Waals surface area contributed by atoms with Gasteiger partial charge >= 0.3 is 0 Å². The Balaban J connectivity index is 2.08. The average molecular weight is 447 g/mol. The first kappa shape index (κ1) is 20.1. The smallest absolute Gasteiger partial charge is 0.192 e. The third-order valence-electron chi connectivity index (χ3n) is 5.50. The van der Waals surface area contributed by atoms with Gasteiger partial charge in [0.15, 0.2) is 8.32 Å². The number of methoxy groups -OCH3 is 1. The van der Waals surface area contributed by atoms with Crippen LogP contribution in [0.5, 0.6) is 5.75 Å². The zero-order chi connectivity index (χ0) is 19.4. The van der Waals surface area contributed by atoms with E-state index in [1.165, 1.54) is 0 Å². The molecule has 1 aromatic heterocycles. The van der Waals surface area contributed by atoms with Gasteiger partial charge in [0, 0.05) is 9.86 Å². The van der Waals surface area contributed by atoms with Crippen LogP contribution in [-0.4, -0.2) is 25.2 Å². The van der Waals surface area contributed by atoms with E-state index in [0.29, 0.717) is 6.61 Å². The van der Waals surface area contributed by atoms with E-state index in [-0.39, 0.29) is 0 Å². The third-order valence-corrected chi connectivity index (χ3v) is 10.6. The van der Waals surface area contributed by atoms with Crippen molar-refractivity contribution >= 4 is 35.2 Å². The predicted octanol–water partition coefficient (Wildman–Crippen LogP) is 6.32. The molecule has 0 unspecified atom stereocenters. The molecule has 0 spiro atoms. The fourth-order valence-corrected chi connectivity index (χ4v) is 6.27.